The maximum absolute atomic E-state index is 12.1. The van der Waals surface area contributed by atoms with E-state index in [0.29, 0.717) is 0 Å². The van der Waals surface area contributed by atoms with Crippen LogP contribution in [-0.4, -0.2) is 11.1 Å². The normalized spacial score (nSPS) is 19.9. The van der Waals surface area contributed by atoms with Crippen molar-refractivity contribution in [3.8, 4) is 0 Å². The van der Waals surface area contributed by atoms with Gasteiger partial charge in [-0.25, -0.2) is 4.79 Å². The topological polar surface area (TPSA) is 37.3 Å². The van der Waals surface area contributed by atoms with Crippen molar-refractivity contribution in [3.63, 3.8) is 0 Å². The summed E-state index contributed by atoms with van der Waals surface area (Å²) in [4.78, 5) is 9.82. The highest BCUT2D eigenvalue weighted by atomic mass is 19.1. The van der Waals surface area contributed by atoms with Gasteiger partial charge in [0, 0.05) is 0 Å². The van der Waals surface area contributed by atoms with Gasteiger partial charge in [0.15, 0.2) is 0 Å². The molecule has 0 aromatic carbocycles. The van der Waals surface area contributed by atoms with Crippen LogP contribution in [0.25, 0.3) is 0 Å². The first-order valence-corrected chi connectivity index (χ1v) is 2.81. The summed E-state index contributed by atoms with van der Waals surface area (Å²) < 4.78 is 12.1. The van der Waals surface area contributed by atoms with Gasteiger partial charge in [-0.3, -0.25) is 0 Å². The van der Waals surface area contributed by atoms with Crippen LogP contribution in [-0.2, 0) is 4.79 Å². The van der Waals surface area contributed by atoms with Crippen LogP contribution in [0.1, 0.15) is 12.8 Å². The first-order valence-electron chi connectivity index (χ1n) is 2.81. The third-order valence-electron chi connectivity index (χ3n) is 1.21. The smallest absolute Gasteiger partial charge is 0.364 e. The predicted octanol–water partition coefficient (Wildman–Crippen LogP) is 1.33. The van der Waals surface area contributed by atoms with Crippen LogP contribution in [0.15, 0.2) is 11.9 Å². The van der Waals surface area contributed by atoms with E-state index in [1.807, 2.05) is 0 Å². The molecule has 0 spiro atoms. The zero-order valence-corrected chi connectivity index (χ0v) is 4.80. The Balaban J connectivity index is 2.46. The van der Waals surface area contributed by atoms with Gasteiger partial charge in [-0.2, -0.15) is 4.39 Å². The second-order valence-corrected chi connectivity index (χ2v) is 2.16. The Morgan fingerprint density at radius 3 is 2.56 bits per heavy atom. The number of aliphatic carboxylic acids is 1. The quantitative estimate of drug-likeness (QED) is 0.572. The van der Waals surface area contributed by atoms with E-state index in [1.165, 1.54) is 6.08 Å². The Labute approximate surface area is 52.0 Å². The maximum Gasteiger partial charge on any atom is 0.364 e. The number of carboxylic acids is 1. The molecule has 0 aromatic heterocycles. The summed E-state index contributed by atoms with van der Waals surface area (Å²) in [6.45, 7) is 0. The van der Waals surface area contributed by atoms with Gasteiger partial charge in [-0.1, -0.05) is 0 Å². The number of carbonyl (C=O) groups is 1. The fraction of sp³-hybridized carbons (Fsp3) is 0.500. The number of rotatable bonds is 2. The van der Waals surface area contributed by atoms with Gasteiger partial charge in [-0.05, 0) is 24.8 Å². The molecule has 1 aliphatic rings. The van der Waals surface area contributed by atoms with Crippen molar-refractivity contribution in [2.45, 2.75) is 12.8 Å². The van der Waals surface area contributed by atoms with Crippen LogP contribution in [0.4, 0.5) is 4.39 Å². The monoisotopic (exact) mass is 130 g/mol. The Morgan fingerprint density at radius 2 is 2.22 bits per heavy atom. The van der Waals surface area contributed by atoms with Gasteiger partial charge in [-0.15, -0.1) is 0 Å². The van der Waals surface area contributed by atoms with Crippen LogP contribution in [0.5, 0.6) is 0 Å². The molecular formula is C6H7FO2. The van der Waals surface area contributed by atoms with E-state index in [2.05, 4.69) is 0 Å². The molecule has 0 amide bonds. The fourth-order valence-electron chi connectivity index (χ4n) is 0.541. The molecule has 0 heterocycles. The lowest BCUT2D eigenvalue weighted by Gasteiger charge is -1.84. The van der Waals surface area contributed by atoms with Crippen LogP contribution in [0, 0.1) is 5.92 Å². The molecule has 0 aromatic rings. The highest BCUT2D eigenvalue weighted by Gasteiger charge is 2.21. The molecule has 0 bridgehead atoms. The van der Waals surface area contributed by atoms with Crippen molar-refractivity contribution in [2.75, 3.05) is 0 Å². The molecule has 1 aliphatic carbocycles. The van der Waals surface area contributed by atoms with Gasteiger partial charge in [0.2, 0.25) is 5.83 Å². The number of hydrogen-bond donors (Lipinski definition) is 1. The molecule has 2 nitrogen and oxygen atoms in total. The summed E-state index contributed by atoms with van der Waals surface area (Å²) in [6, 6.07) is 0. The average Bonchev–Trinajstić information content (AvgIpc) is 2.50. The second-order valence-electron chi connectivity index (χ2n) is 2.16. The second kappa shape index (κ2) is 2.17. The van der Waals surface area contributed by atoms with Crippen molar-refractivity contribution in [1.29, 1.82) is 0 Å². The van der Waals surface area contributed by atoms with E-state index in [1.54, 1.807) is 0 Å². The average molecular weight is 130 g/mol. The fourth-order valence-corrected chi connectivity index (χ4v) is 0.541. The lowest BCUT2D eigenvalue weighted by molar-refractivity contribution is -0.134. The molecular weight excluding hydrogens is 123 g/mol. The SMILES string of the molecule is O=C(O)/C(F)=C/C1CC1. The standard InChI is InChI=1S/C6H7FO2/c7-5(6(8)9)3-4-1-2-4/h3-4H,1-2H2,(H,8,9)/b5-3-. The van der Waals surface area contributed by atoms with Crippen LogP contribution < -0.4 is 0 Å². The highest BCUT2D eigenvalue weighted by molar-refractivity contribution is 5.83. The van der Waals surface area contributed by atoms with Crippen LogP contribution in [0.3, 0.4) is 0 Å². The summed E-state index contributed by atoms with van der Waals surface area (Å²) in [6.07, 6.45) is 3.03. The van der Waals surface area contributed by atoms with E-state index in [-0.39, 0.29) is 5.92 Å². The molecule has 0 atom stereocenters. The van der Waals surface area contributed by atoms with Crippen LogP contribution in [0.2, 0.25) is 0 Å². The van der Waals surface area contributed by atoms with Crippen molar-refractivity contribution >= 4 is 5.97 Å². The number of carboxylic acid groups (broad SMARTS) is 1. The van der Waals surface area contributed by atoms with Gasteiger partial charge in [0.1, 0.15) is 0 Å². The van der Waals surface area contributed by atoms with Crippen molar-refractivity contribution in [2.24, 2.45) is 5.92 Å². The lowest BCUT2D eigenvalue weighted by Crippen LogP contribution is -1.94. The van der Waals surface area contributed by atoms with Gasteiger partial charge < -0.3 is 5.11 Å². The number of halogens is 1. The molecule has 1 fully saturated rings. The lowest BCUT2D eigenvalue weighted by atomic mass is 10.3. The summed E-state index contributed by atoms with van der Waals surface area (Å²) in [7, 11) is 0. The highest BCUT2D eigenvalue weighted by Crippen LogP contribution is 2.31. The zero-order chi connectivity index (χ0) is 6.85. The Hall–Kier alpha value is -0.860. The van der Waals surface area contributed by atoms with Crippen molar-refractivity contribution in [1.82, 2.24) is 0 Å². The molecule has 0 radical (unpaired) electrons. The van der Waals surface area contributed by atoms with Crippen molar-refractivity contribution in [3.05, 3.63) is 11.9 Å². The first-order chi connectivity index (χ1) is 4.20. The van der Waals surface area contributed by atoms with E-state index < -0.39 is 11.8 Å². The molecule has 0 unspecified atom stereocenters. The predicted molar refractivity (Wildman–Crippen MR) is 29.6 cm³/mol. The van der Waals surface area contributed by atoms with E-state index in [0.717, 1.165) is 12.8 Å². The Bertz CT molecular complexity index is 158. The van der Waals surface area contributed by atoms with Gasteiger partial charge >= 0.3 is 5.97 Å². The molecule has 1 saturated carbocycles. The molecule has 50 valence electrons. The first kappa shape index (κ1) is 6.26. The van der Waals surface area contributed by atoms with Crippen molar-refractivity contribution < 1.29 is 14.3 Å². The Morgan fingerprint density at radius 1 is 1.67 bits per heavy atom. The van der Waals surface area contributed by atoms with E-state index in [4.69, 9.17) is 5.11 Å². The third kappa shape index (κ3) is 1.83. The number of hydrogen-bond acceptors (Lipinski definition) is 1. The minimum Gasteiger partial charge on any atom is -0.476 e. The molecule has 0 saturated heterocycles. The zero-order valence-electron chi connectivity index (χ0n) is 4.80. The molecule has 3 heteroatoms. The molecule has 9 heavy (non-hydrogen) atoms. The molecule has 1 rings (SSSR count). The van der Waals surface area contributed by atoms with Gasteiger partial charge in [0.05, 0.1) is 0 Å². The number of allylic oxidation sites excluding steroid dienone is 1. The van der Waals surface area contributed by atoms with E-state index >= 15 is 0 Å². The van der Waals surface area contributed by atoms with Gasteiger partial charge in [0.25, 0.3) is 0 Å². The summed E-state index contributed by atoms with van der Waals surface area (Å²) in [5.74, 6) is -2.28. The molecule has 0 aliphatic heterocycles. The Kier molecular flexibility index (Phi) is 1.51. The summed E-state index contributed by atoms with van der Waals surface area (Å²) in [5, 5.41) is 8.02. The minimum atomic E-state index is -1.46. The maximum atomic E-state index is 12.1. The summed E-state index contributed by atoms with van der Waals surface area (Å²) >= 11 is 0. The molecule has 1 N–H and O–H groups in total. The van der Waals surface area contributed by atoms with Crippen LogP contribution >= 0.6 is 0 Å². The van der Waals surface area contributed by atoms with E-state index in [9.17, 15) is 9.18 Å². The third-order valence-corrected chi connectivity index (χ3v) is 1.21. The summed E-state index contributed by atoms with van der Waals surface area (Å²) in [5.41, 5.74) is 0. The minimum absolute atomic E-state index is 0.195. The largest absolute Gasteiger partial charge is 0.476 e.